The Morgan fingerprint density at radius 3 is 2.27 bits per heavy atom. The van der Waals surface area contributed by atoms with E-state index in [0.717, 1.165) is 26.2 Å². The van der Waals surface area contributed by atoms with E-state index in [-0.39, 0.29) is 41.4 Å². The van der Waals surface area contributed by atoms with Crippen LogP contribution < -0.4 is 14.4 Å². The number of hydrogen-bond acceptors (Lipinski definition) is 5. The van der Waals surface area contributed by atoms with Crippen LogP contribution in [-0.4, -0.2) is 57.1 Å². The molecule has 8 nitrogen and oxygen atoms in total. The molecule has 0 unspecified atom stereocenters. The predicted octanol–water partition coefficient (Wildman–Crippen LogP) is 5.04. The van der Waals surface area contributed by atoms with E-state index in [9.17, 15) is 18.0 Å². The molecule has 214 valence electrons. The second-order valence-corrected chi connectivity index (χ2v) is 12.9. The van der Waals surface area contributed by atoms with Gasteiger partial charge < -0.3 is 15.0 Å². The first-order chi connectivity index (χ1) is 18.9. The van der Waals surface area contributed by atoms with E-state index in [1.54, 1.807) is 6.07 Å². The molecular weight excluding hydrogens is 618 g/mol. The molecular formula is C29H33BrClN3O5S. The quantitative estimate of drug-likeness (QED) is 0.296. The van der Waals surface area contributed by atoms with Crippen LogP contribution in [0.3, 0.4) is 0 Å². The molecule has 0 spiro atoms. The second-order valence-electron chi connectivity index (χ2n) is 9.61. The summed E-state index contributed by atoms with van der Waals surface area (Å²) in [5, 5.41) is 3.20. The first-order valence-electron chi connectivity index (χ1n) is 12.6. The maximum absolute atomic E-state index is 14.1. The van der Waals surface area contributed by atoms with Crippen molar-refractivity contribution in [2.24, 2.45) is 0 Å². The monoisotopic (exact) mass is 649 g/mol. The molecule has 0 bridgehead atoms. The van der Waals surface area contributed by atoms with Crippen molar-refractivity contribution in [2.45, 2.75) is 38.9 Å². The smallest absolute Gasteiger partial charge is 0.244 e. The maximum Gasteiger partial charge on any atom is 0.244 e. The molecule has 0 aliphatic heterocycles. The van der Waals surface area contributed by atoms with Gasteiger partial charge in [-0.1, -0.05) is 70.0 Å². The average molecular weight is 651 g/mol. The number of sulfonamides is 1. The molecule has 3 aromatic rings. The highest BCUT2D eigenvalue weighted by molar-refractivity contribution is 9.10. The maximum atomic E-state index is 14.1. The van der Waals surface area contributed by atoms with Gasteiger partial charge in [0.05, 0.1) is 19.1 Å². The molecule has 1 atom stereocenters. The summed E-state index contributed by atoms with van der Waals surface area (Å²) < 4.78 is 33.1. The fourth-order valence-corrected chi connectivity index (χ4v) is 5.68. The molecule has 0 saturated carbocycles. The number of ether oxygens (including phenoxy) is 1. The fraction of sp³-hybridized carbons (Fsp3) is 0.310. The van der Waals surface area contributed by atoms with Crippen molar-refractivity contribution >= 4 is 55.1 Å². The molecule has 40 heavy (non-hydrogen) atoms. The number of anilines is 1. The largest absolute Gasteiger partial charge is 0.495 e. The Hall–Kier alpha value is -3.08. The van der Waals surface area contributed by atoms with E-state index < -0.39 is 28.5 Å². The van der Waals surface area contributed by atoms with Crippen molar-refractivity contribution < 1.29 is 22.7 Å². The lowest BCUT2D eigenvalue weighted by Gasteiger charge is -2.34. The molecule has 0 aliphatic rings. The molecule has 0 heterocycles. The normalized spacial score (nSPS) is 12.1. The Morgan fingerprint density at radius 2 is 1.68 bits per heavy atom. The molecule has 2 amide bonds. The summed E-state index contributed by atoms with van der Waals surface area (Å²) in [4.78, 5) is 29.1. The Balaban J connectivity index is 2.10. The van der Waals surface area contributed by atoms with Gasteiger partial charge in [0.2, 0.25) is 21.8 Å². The van der Waals surface area contributed by atoms with Crippen molar-refractivity contribution in [2.75, 3.05) is 24.2 Å². The average Bonchev–Trinajstić information content (AvgIpc) is 2.88. The lowest BCUT2D eigenvalue weighted by atomic mass is 10.0. The van der Waals surface area contributed by atoms with E-state index in [0.29, 0.717) is 0 Å². The van der Waals surface area contributed by atoms with Crippen molar-refractivity contribution in [3.05, 3.63) is 93.4 Å². The van der Waals surface area contributed by atoms with Crippen LogP contribution in [0.2, 0.25) is 5.02 Å². The molecule has 11 heteroatoms. The summed E-state index contributed by atoms with van der Waals surface area (Å²) in [6.07, 6.45) is 1.24. The van der Waals surface area contributed by atoms with Gasteiger partial charge in [0.25, 0.3) is 0 Å². The lowest BCUT2D eigenvalue weighted by Crippen LogP contribution is -2.54. The van der Waals surface area contributed by atoms with Gasteiger partial charge in [0, 0.05) is 28.5 Å². The zero-order valence-electron chi connectivity index (χ0n) is 22.8. The number of hydrogen-bond donors (Lipinski definition) is 1. The number of nitrogens with one attached hydrogen (secondary N) is 1. The summed E-state index contributed by atoms with van der Waals surface area (Å²) >= 11 is 9.65. The minimum atomic E-state index is -3.96. The summed E-state index contributed by atoms with van der Waals surface area (Å²) in [5.74, 6) is -0.666. The second kappa shape index (κ2) is 14.0. The lowest BCUT2D eigenvalue weighted by molar-refractivity contribution is -0.140. The van der Waals surface area contributed by atoms with Crippen LogP contribution in [0.5, 0.6) is 5.75 Å². The molecule has 0 saturated heterocycles. The third kappa shape index (κ3) is 8.71. The van der Waals surface area contributed by atoms with Gasteiger partial charge in [0.1, 0.15) is 18.3 Å². The minimum Gasteiger partial charge on any atom is -0.495 e. The van der Waals surface area contributed by atoms with Crippen molar-refractivity contribution in [1.82, 2.24) is 10.2 Å². The summed E-state index contributed by atoms with van der Waals surface area (Å²) in [6.45, 7) is 3.19. The van der Waals surface area contributed by atoms with E-state index in [1.807, 2.05) is 68.4 Å². The number of carbonyl (C=O) groups is 2. The first-order valence-corrected chi connectivity index (χ1v) is 15.6. The highest BCUT2D eigenvalue weighted by Gasteiger charge is 2.34. The van der Waals surface area contributed by atoms with Gasteiger partial charge in [-0.3, -0.25) is 13.9 Å². The number of nitrogens with zero attached hydrogens (tertiary/aromatic N) is 2. The Morgan fingerprint density at radius 1 is 1.00 bits per heavy atom. The number of rotatable bonds is 12. The van der Waals surface area contributed by atoms with Gasteiger partial charge in [-0.15, -0.1) is 0 Å². The highest BCUT2D eigenvalue weighted by atomic mass is 79.9. The van der Waals surface area contributed by atoms with Crippen LogP contribution in [-0.2, 0) is 32.6 Å². The standard InChI is InChI=1S/C29H33BrClN3O5S/c1-20(2)32-29(36)26(16-21-9-6-5-7-10-21)33(18-22-11-8-12-23(30)15-22)28(35)19-34(40(4,37)38)25-17-24(31)13-14-27(25)39-3/h5-15,17,20,26H,16,18-19H2,1-4H3,(H,32,36)/t26-/m0/s1. The number of amides is 2. The van der Waals surface area contributed by atoms with Gasteiger partial charge in [-0.25, -0.2) is 8.42 Å². The molecule has 0 radical (unpaired) electrons. The number of benzene rings is 3. The fourth-order valence-electron chi connectivity index (χ4n) is 4.22. The molecule has 0 aliphatic carbocycles. The van der Waals surface area contributed by atoms with Crippen LogP contribution in [0, 0.1) is 0 Å². The topological polar surface area (TPSA) is 96.0 Å². The van der Waals surface area contributed by atoms with Crippen LogP contribution in [0.4, 0.5) is 5.69 Å². The molecule has 0 aromatic heterocycles. The minimum absolute atomic E-state index is 0.0750. The summed E-state index contributed by atoms with van der Waals surface area (Å²) in [7, 11) is -2.56. The van der Waals surface area contributed by atoms with Crippen molar-refractivity contribution in [1.29, 1.82) is 0 Å². The zero-order valence-corrected chi connectivity index (χ0v) is 26.0. The first kappa shape index (κ1) is 31.4. The van der Waals surface area contributed by atoms with E-state index in [2.05, 4.69) is 21.2 Å². The number of halogens is 2. The predicted molar refractivity (Wildman–Crippen MR) is 162 cm³/mol. The number of carbonyl (C=O) groups excluding carboxylic acids is 2. The third-order valence-electron chi connectivity index (χ3n) is 6.03. The molecule has 0 fully saturated rings. The Kier molecular flexibility index (Phi) is 11.0. The van der Waals surface area contributed by atoms with Crippen LogP contribution in [0.25, 0.3) is 0 Å². The third-order valence-corrected chi connectivity index (χ3v) is 7.89. The summed E-state index contributed by atoms with van der Waals surface area (Å²) in [6, 6.07) is 20.2. The van der Waals surface area contributed by atoms with Crippen molar-refractivity contribution in [3.63, 3.8) is 0 Å². The van der Waals surface area contributed by atoms with Crippen LogP contribution in [0.1, 0.15) is 25.0 Å². The van der Waals surface area contributed by atoms with E-state index >= 15 is 0 Å². The van der Waals surface area contributed by atoms with Gasteiger partial charge in [0.15, 0.2) is 0 Å². The molecule has 3 rings (SSSR count). The van der Waals surface area contributed by atoms with Crippen LogP contribution >= 0.6 is 27.5 Å². The van der Waals surface area contributed by atoms with E-state index in [1.165, 1.54) is 24.1 Å². The number of methoxy groups -OCH3 is 1. The summed E-state index contributed by atoms with van der Waals surface area (Å²) in [5.41, 5.74) is 1.75. The van der Waals surface area contributed by atoms with Gasteiger partial charge in [-0.2, -0.15) is 0 Å². The highest BCUT2D eigenvalue weighted by Crippen LogP contribution is 2.33. The Bertz CT molecular complexity index is 1440. The van der Waals surface area contributed by atoms with Gasteiger partial charge >= 0.3 is 0 Å². The molecule has 1 N–H and O–H groups in total. The molecule has 3 aromatic carbocycles. The van der Waals surface area contributed by atoms with E-state index in [4.69, 9.17) is 16.3 Å². The van der Waals surface area contributed by atoms with Crippen molar-refractivity contribution in [3.8, 4) is 5.75 Å². The SMILES string of the molecule is COc1ccc(Cl)cc1N(CC(=O)N(Cc1cccc(Br)c1)[C@@H](Cc1ccccc1)C(=O)NC(C)C)S(C)(=O)=O. The zero-order chi connectivity index (χ0) is 29.4. The van der Waals surface area contributed by atoms with Crippen LogP contribution in [0.15, 0.2) is 77.3 Å². The van der Waals surface area contributed by atoms with Gasteiger partial charge in [-0.05, 0) is 55.3 Å². The Labute approximate surface area is 249 Å².